The number of rotatable bonds is 5. The van der Waals surface area contributed by atoms with E-state index in [4.69, 9.17) is 4.74 Å². The maximum Gasteiger partial charge on any atom is 0.509 e. The van der Waals surface area contributed by atoms with Crippen molar-refractivity contribution in [3.8, 4) is 0 Å². The van der Waals surface area contributed by atoms with Gasteiger partial charge in [0.05, 0.1) is 6.61 Å². The van der Waals surface area contributed by atoms with Crippen LogP contribution < -0.4 is 0 Å². The van der Waals surface area contributed by atoms with Gasteiger partial charge in [0.25, 0.3) is 0 Å². The highest BCUT2D eigenvalue weighted by atomic mass is 16.7. The zero-order chi connectivity index (χ0) is 11.7. The van der Waals surface area contributed by atoms with Crippen molar-refractivity contribution in [1.82, 2.24) is 0 Å². The fourth-order valence-corrected chi connectivity index (χ4v) is 0.688. The fraction of sp³-hybridized carbons (Fsp3) is 0.600. The highest BCUT2D eigenvalue weighted by molar-refractivity contribution is 5.77. The molecule has 0 fully saturated rings. The van der Waals surface area contributed by atoms with Gasteiger partial charge in [0.15, 0.2) is 6.10 Å². The number of ether oxygens (including phenoxy) is 3. The predicted molar refractivity (Wildman–Crippen MR) is 53.3 cm³/mol. The maximum absolute atomic E-state index is 11.2. The first-order valence-electron chi connectivity index (χ1n) is 4.73. The van der Waals surface area contributed by atoms with Crippen LogP contribution in [0, 0.1) is 0 Å². The monoisotopic (exact) mass is 216 g/mol. The van der Waals surface area contributed by atoms with Gasteiger partial charge < -0.3 is 14.2 Å². The zero-order valence-corrected chi connectivity index (χ0v) is 9.19. The Labute approximate surface area is 89.0 Å². The van der Waals surface area contributed by atoms with Crippen LogP contribution in [0.15, 0.2) is 12.2 Å². The third-order valence-electron chi connectivity index (χ3n) is 1.42. The molecule has 0 aliphatic rings. The summed E-state index contributed by atoms with van der Waals surface area (Å²) in [6, 6.07) is 0. The SMILES string of the molecule is C/C=C\COC(=O)C(C)OC(=O)OCC. The van der Waals surface area contributed by atoms with Crippen LogP contribution in [0.1, 0.15) is 20.8 Å². The van der Waals surface area contributed by atoms with Crippen LogP contribution in [0.3, 0.4) is 0 Å². The lowest BCUT2D eigenvalue weighted by molar-refractivity contribution is -0.152. The Hall–Kier alpha value is -1.52. The highest BCUT2D eigenvalue weighted by Crippen LogP contribution is 1.97. The van der Waals surface area contributed by atoms with Crippen molar-refractivity contribution in [3.63, 3.8) is 0 Å². The molecule has 0 aliphatic heterocycles. The Morgan fingerprint density at radius 3 is 2.53 bits per heavy atom. The molecular weight excluding hydrogens is 200 g/mol. The average Bonchev–Trinajstić information content (AvgIpc) is 2.18. The van der Waals surface area contributed by atoms with Gasteiger partial charge in [-0.2, -0.15) is 0 Å². The molecule has 0 amide bonds. The van der Waals surface area contributed by atoms with Crippen molar-refractivity contribution in [2.75, 3.05) is 13.2 Å². The van der Waals surface area contributed by atoms with E-state index in [0.29, 0.717) is 0 Å². The molecule has 0 rings (SSSR count). The molecule has 1 atom stereocenters. The second-order valence-electron chi connectivity index (χ2n) is 2.64. The molecule has 0 bridgehead atoms. The average molecular weight is 216 g/mol. The van der Waals surface area contributed by atoms with Crippen LogP contribution in [0.4, 0.5) is 4.79 Å². The summed E-state index contributed by atoms with van der Waals surface area (Å²) >= 11 is 0. The Morgan fingerprint density at radius 1 is 1.33 bits per heavy atom. The molecule has 0 radical (unpaired) electrons. The number of hydrogen-bond donors (Lipinski definition) is 0. The Morgan fingerprint density at radius 2 is 2.00 bits per heavy atom. The molecule has 86 valence electrons. The van der Waals surface area contributed by atoms with Crippen LogP contribution in [0.5, 0.6) is 0 Å². The van der Waals surface area contributed by atoms with Gasteiger partial charge in [0.1, 0.15) is 6.61 Å². The summed E-state index contributed by atoms with van der Waals surface area (Å²) in [5, 5.41) is 0. The third-order valence-corrected chi connectivity index (χ3v) is 1.42. The molecule has 0 aliphatic carbocycles. The molecule has 0 heterocycles. The third kappa shape index (κ3) is 6.54. The van der Waals surface area contributed by atoms with Gasteiger partial charge in [-0.25, -0.2) is 9.59 Å². The van der Waals surface area contributed by atoms with Gasteiger partial charge in [0, 0.05) is 0 Å². The summed E-state index contributed by atoms with van der Waals surface area (Å²) in [6.45, 7) is 5.27. The Balaban J connectivity index is 3.82. The molecule has 0 aromatic rings. The first kappa shape index (κ1) is 13.5. The molecule has 0 saturated carbocycles. The molecule has 1 unspecified atom stereocenters. The zero-order valence-electron chi connectivity index (χ0n) is 9.19. The fourth-order valence-electron chi connectivity index (χ4n) is 0.688. The lowest BCUT2D eigenvalue weighted by Gasteiger charge is -2.11. The van der Waals surface area contributed by atoms with E-state index < -0.39 is 18.2 Å². The summed E-state index contributed by atoms with van der Waals surface area (Å²) in [6.07, 6.45) is 1.61. The minimum Gasteiger partial charge on any atom is -0.459 e. The van der Waals surface area contributed by atoms with E-state index >= 15 is 0 Å². The van der Waals surface area contributed by atoms with Crippen molar-refractivity contribution < 1.29 is 23.8 Å². The van der Waals surface area contributed by atoms with Crippen molar-refractivity contribution in [2.45, 2.75) is 26.9 Å². The second kappa shape index (κ2) is 7.84. The van der Waals surface area contributed by atoms with Crippen molar-refractivity contribution in [3.05, 3.63) is 12.2 Å². The predicted octanol–water partition coefficient (Wildman–Crippen LogP) is 1.67. The normalized spacial score (nSPS) is 12.2. The molecule has 0 aromatic heterocycles. The molecule has 0 spiro atoms. The maximum atomic E-state index is 11.2. The summed E-state index contributed by atoms with van der Waals surface area (Å²) in [7, 11) is 0. The van der Waals surface area contributed by atoms with Gasteiger partial charge in [-0.3, -0.25) is 0 Å². The molecule has 15 heavy (non-hydrogen) atoms. The van der Waals surface area contributed by atoms with Gasteiger partial charge in [-0.1, -0.05) is 12.2 Å². The van der Waals surface area contributed by atoms with Crippen LogP contribution in [0.25, 0.3) is 0 Å². The van der Waals surface area contributed by atoms with E-state index in [1.165, 1.54) is 6.92 Å². The summed E-state index contributed by atoms with van der Waals surface area (Å²) in [4.78, 5) is 22.0. The van der Waals surface area contributed by atoms with Gasteiger partial charge in [-0.15, -0.1) is 0 Å². The molecule has 0 aromatic carbocycles. The van der Waals surface area contributed by atoms with E-state index in [1.54, 1.807) is 19.1 Å². The van der Waals surface area contributed by atoms with Crippen LogP contribution in [-0.4, -0.2) is 31.4 Å². The quantitative estimate of drug-likeness (QED) is 0.516. The van der Waals surface area contributed by atoms with Crippen LogP contribution in [-0.2, 0) is 19.0 Å². The Kier molecular flexibility index (Phi) is 7.05. The number of hydrogen-bond acceptors (Lipinski definition) is 5. The van der Waals surface area contributed by atoms with Crippen LogP contribution >= 0.6 is 0 Å². The molecule has 5 nitrogen and oxygen atoms in total. The Bertz CT molecular complexity index is 234. The smallest absolute Gasteiger partial charge is 0.459 e. The lowest BCUT2D eigenvalue weighted by Crippen LogP contribution is -2.26. The standard InChI is InChI=1S/C10H16O5/c1-4-6-7-14-9(11)8(3)15-10(12)13-5-2/h4,6,8H,5,7H2,1-3H3/b6-4-. The molecule has 0 saturated heterocycles. The van der Waals surface area contributed by atoms with E-state index in [9.17, 15) is 9.59 Å². The molecular formula is C10H16O5. The second-order valence-corrected chi connectivity index (χ2v) is 2.64. The van der Waals surface area contributed by atoms with Crippen molar-refractivity contribution >= 4 is 12.1 Å². The van der Waals surface area contributed by atoms with Crippen molar-refractivity contribution in [1.29, 1.82) is 0 Å². The number of esters is 1. The minimum atomic E-state index is -0.950. The van der Waals surface area contributed by atoms with E-state index in [1.807, 2.05) is 6.92 Å². The largest absolute Gasteiger partial charge is 0.509 e. The first-order valence-corrected chi connectivity index (χ1v) is 4.73. The van der Waals surface area contributed by atoms with E-state index in [-0.39, 0.29) is 13.2 Å². The van der Waals surface area contributed by atoms with Gasteiger partial charge in [-0.05, 0) is 20.8 Å². The molecule has 0 N–H and O–H groups in total. The topological polar surface area (TPSA) is 61.8 Å². The van der Waals surface area contributed by atoms with Crippen molar-refractivity contribution in [2.24, 2.45) is 0 Å². The van der Waals surface area contributed by atoms with E-state index in [0.717, 1.165) is 0 Å². The molecule has 5 heteroatoms. The highest BCUT2D eigenvalue weighted by Gasteiger charge is 2.19. The van der Waals surface area contributed by atoms with E-state index in [2.05, 4.69) is 9.47 Å². The summed E-state index contributed by atoms with van der Waals surface area (Å²) in [5.74, 6) is -0.596. The summed E-state index contributed by atoms with van der Waals surface area (Å²) < 4.78 is 13.9. The summed E-state index contributed by atoms with van der Waals surface area (Å²) in [5.41, 5.74) is 0. The van der Waals surface area contributed by atoms with Crippen LogP contribution in [0.2, 0.25) is 0 Å². The van der Waals surface area contributed by atoms with Gasteiger partial charge >= 0.3 is 12.1 Å². The minimum absolute atomic E-state index is 0.172. The van der Waals surface area contributed by atoms with Gasteiger partial charge in [0.2, 0.25) is 0 Å². The lowest BCUT2D eigenvalue weighted by atomic mass is 10.4. The number of carbonyl (C=O) groups excluding carboxylic acids is 2. The first-order chi connectivity index (χ1) is 7.11. The number of carbonyl (C=O) groups is 2. The number of allylic oxidation sites excluding steroid dienone is 1.